The third-order valence-corrected chi connectivity index (χ3v) is 5.06. The predicted molar refractivity (Wildman–Crippen MR) is 115 cm³/mol. The van der Waals surface area contributed by atoms with Crippen LogP contribution in [0.3, 0.4) is 0 Å². The van der Waals surface area contributed by atoms with E-state index < -0.39 is 5.60 Å². The Hall–Kier alpha value is -3.16. The molecule has 1 fully saturated rings. The second-order valence-corrected chi connectivity index (χ2v) is 8.68. The smallest absolute Gasteiger partial charge is 0.410 e. The second kappa shape index (κ2) is 8.30. The van der Waals surface area contributed by atoms with Crippen molar-refractivity contribution >= 4 is 17.7 Å². The zero-order valence-corrected chi connectivity index (χ0v) is 17.7. The standard InChI is InChI=1S/C22H28N6O2/c1-22(2,3)30-21(29)27-11-7-8-16(14-27)13-23-19-12-18(17-9-5-4-6-10-17)26-20-24-15-25-28(19)20/h4-6,9-10,12,15-16,23H,7-8,11,13-14H2,1-3H3. The molecular weight excluding hydrogens is 380 g/mol. The number of piperidine rings is 1. The highest BCUT2D eigenvalue weighted by molar-refractivity contribution is 5.68. The van der Waals surface area contributed by atoms with E-state index in [9.17, 15) is 4.79 Å². The van der Waals surface area contributed by atoms with Gasteiger partial charge in [0, 0.05) is 31.3 Å². The van der Waals surface area contributed by atoms with Crippen molar-refractivity contribution in [3.05, 3.63) is 42.7 Å². The van der Waals surface area contributed by atoms with Gasteiger partial charge in [0.15, 0.2) is 0 Å². The number of rotatable bonds is 4. The molecule has 1 aliphatic rings. The van der Waals surface area contributed by atoms with Crippen LogP contribution in [0.15, 0.2) is 42.7 Å². The zero-order valence-electron chi connectivity index (χ0n) is 17.7. The Morgan fingerprint density at radius 2 is 2.07 bits per heavy atom. The third-order valence-electron chi connectivity index (χ3n) is 5.06. The number of benzene rings is 1. The summed E-state index contributed by atoms with van der Waals surface area (Å²) in [5, 5.41) is 7.80. The minimum absolute atomic E-state index is 0.235. The summed E-state index contributed by atoms with van der Waals surface area (Å²) in [6.07, 6.45) is 3.30. The average molecular weight is 409 g/mol. The SMILES string of the molecule is CC(C)(C)OC(=O)N1CCCC(CNc2cc(-c3ccccc3)nc3ncnn23)C1. The molecular formula is C22H28N6O2. The van der Waals surface area contributed by atoms with E-state index in [2.05, 4.69) is 20.4 Å². The maximum Gasteiger partial charge on any atom is 0.410 e. The van der Waals surface area contributed by atoms with E-state index in [1.165, 1.54) is 6.33 Å². The summed E-state index contributed by atoms with van der Waals surface area (Å²) in [6.45, 7) is 7.83. The number of aromatic nitrogens is 4. The Labute approximate surface area is 176 Å². The van der Waals surface area contributed by atoms with E-state index in [-0.39, 0.29) is 6.09 Å². The third kappa shape index (κ3) is 4.69. The number of anilines is 1. The topological polar surface area (TPSA) is 84.6 Å². The maximum absolute atomic E-state index is 12.4. The molecule has 1 saturated heterocycles. The normalized spacial score (nSPS) is 17.2. The van der Waals surface area contributed by atoms with Crippen LogP contribution in [0.1, 0.15) is 33.6 Å². The Kier molecular flexibility index (Phi) is 5.57. The molecule has 30 heavy (non-hydrogen) atoms. The molecule has 1 amide bonds. The van der Waals surface area contributed by atoms with Gasteiger partial charge < -0.3 is 15.0 Å². The van der Waals surface area contributed by atoms with Crippen molar-refractivity contribution in [1.29, 1.82) is 0 Å². The summed E-state index contributed by atoms with van der Waals surface area (Å²) < 4.78 is 7.25. The Balaban J connectivity index is 1.47. The number of ether oxygens (including phenoxy) is 1. The van der Waals surface area contributed by atoms with Crippen LogP contribution in [0, 0.1) is 5.92 Å². The minimum atomic E-state index is -0.480. The molecule has 3 aromatic rings. The van der Waals surface area contributed by atoms with Crippen molar-refractivity contribution < 1.29 is 9.53 Å². The van der Waals surface area contributed by atoms with Crippen molar-refractivity contribution in [1.82, 2.24) is 24.5 Å². The van der Waals surface area contributed by atoms with Crippen LogP contribution < -0.4 is 5.32 Å². The average Bonchev–Trinajstić information content (AvgIpc) is 3.20. The predicted octanol–water partition coefficient (Wildman–Crippen LogP) is 3.85. The number of hydrogen-bond acceptors (Lipinski definition) is 6. The zero-order chi connectivity index (χ0) is 21.1. The highest BCUT2D eigenvalue weighted by Gasteiger charge is 2.27. The number of carbonyl (C=O) groups is 1. The van der Waals surface area contributed by atoms with Crippen LogP contribution in [0.4, 0.5) is 10.6 Å². The minimum Gasteiger partial charge on any atom is -0.444 e. The molecule has 0 spiro atoms. The van der Waals surface area contributed by atoms with Gasteiger partial charge >= 0.3 is 6.09 Å². The summed E-state index contributed by atoms with van der Waals surface area (Å²) in [6, 6.07) is 12.0. The lowest BCUT2D eigenvalue weighted by Crippen LogP contribution is -2.44. The van der Waals surface area contributed by atoms with Crippen LogP contribution in [0.25, 0.3) is 17.0 Å². The first-order valence-corrected chi connectivity index (χ1v) is 10.4. The number of amides is 1. The van der Waals surface area contributed by atoms with Crippen LogP contribution in [-0.4, -0.2) is 55.8 Å². The Morgan fingerprint density at radius 3 is 2.83 bits per heavy atom. The fourth-order valence-electron chi connectivity index (χ4n) is 3.67. The van der Waals surface area contributed by atoms with Gasteiger partial charge in [-0.1, -0.05) is 30.3 Å². The lowest BCUT2D eigenvalue weighted by molar-refractivity contribution is 0.0172. The van der Waals surface area contributed by atoms with Crippen LogP contribution in [0.5, 0.6) is 0 Å². The summed E-state index contributed by atoms with van der Waals surface area (Å²) in [4.78, 5) is 23.1. The first-order valence-electron chi connectivity index (χ1n) is 10.4. The van der Waals surface area contributed by atoms with E-state index in [4.69, 9.17) is 4.74 Å². The van der Waals surface area contributed by atoms with Gasteiger partial charge in [-0.15, -0.1) is 0 Å². The summed E-state index contributed by atoms with van der Waals surface area (Å²) in [5.41, 5.74) is 1.39. The fourth-order valence-corrected chi connectivity index (χ4v) is 3.67. The quantitative estimate of drug-likeness (QED) is 0.706. The first kappa shape index (κ1) is 20.1. The van der Waals surface area contributed by atoms with Gasteiger partial charge in [-0.05, 0) is 39.5 Å². The summed E-state index contributed by atoms with van der Waals surface area (Å²) in [5.74, 6) is 1.72. The van der Waals surface area contributed by atoms with Gasteiger partial charge in [-0.2, -0.15) is 14.6 Å². The lowest BCUT2D eigenvalue weighted by atomic mass is 9.98. The van der Waals surface area contributed by atoms with Crippen molar-refractivity contribution in [3.63, 3.8) is 0 Å². The van der Waals surface area contributed by atoms with Crippen molar-refractivity contribution in [2.75, 3.05) is 25.0 Å². The molecule has 3 heterocycles. The van der Waals surface area contributed by atoms with E-state index in [0.29, 0.717) is 18.2 Å². The van der Waals surface area contributed by atoms with Gasteiger partial charge in [0.2, 0.25) is 0 Å². The molecule has 1 atom stereocenters. The van der Waals surface area contributed by atoms with Crippen LogP contribution in [-0.2, 0) is 4.74 Å². The molecule has 1 aromatic carbocycles. The van der Waals surface area contributed by atoms with Gasteiger partial charge in [0.1, 0.15) is 17.7 Å². The number of likely N-dealkylation sites (tertiary alicyclic amines) is 1. The van der Waals surface area contributed by atoms with E-state index >= 15 is 0 Å². The molecule has 158 valence electrons. The van der Waals surface area contributed by atoms with Crippen molar-refractivity contribution in [3.8, 4) is 11.3 Å². The number of hydrogen-bond donors (Lipinski definition) is 1. The molecule has 8 nitrogen and oxygen atoms in total. The number of nitrogens with one attached hydrogen (secondary N) is 1. The molecule has 1 aliphatic heterocycles. The highest BCUT2D eigenvalue weighted by Crippen LogP contribution is 2.23. The van der Waals surface area contributed by atoms with E-state index in [1.807, 2.05) is 62.1 Å². The molecule has 0 bridgehead atoms. The second-order valence-electron chi connectivity index (χ2n) is 8.68. The molecule has 0 radical (unpaired) electrons. The lowest BCUT2D eigenvalue weighted by Gasteiger charge is -2.34. The molecule has 0 aliphatic carbocycles. The Bertz CT molecular complexity index is 1010. The van der Waals surface area contributed by atoms with Gasteiger partial charge in [-0.3, -0.25) is 0 Å². The largest absolute Gasteiger partial charge is 0.444 e. The molecule has 8 heteroatoms. The summed E-state index contributed by atoms with van der Waals surface area (Å²) >= 11 is 0. The molecule has 2 aromatic heterocycles. The number of carbonyl (C=O) groups excluding carboxylic acids is 1. The molecule has 1 unspecified atom stereocenters. The molecule has 1 N–H and O–H groups in total. The maximum atomic E-state index is 12.4. The van der Waals surface area contributed by atoms with E-state index in [0.717, 1.165) is 43.0 Å². The molecule has 0 saturated carbocycles. The fraction of sp³-hybridized carbons (Fsp3) is 0.455. The van der Waals surface area contributed by atoms with Gasteiger partial charge in [0.05, 0.1) is 5.69 Å². The highest BCUT2D eigenvalue weighted by atomic mass is 16.6. The first-order chi connectivity index (χ1) is 14.4. The summed E-state index contributed by atoms with van der Waals surface area (Å²) in [7, 11) is 0. The van der Waals surface area contributed by atoms with Gasteiger partial charge in [-0.25, -0.2) is 9.78 Å². The van der Waals surface area contributed by atoms with Crippen molar-refractivity contribution in [2.45, 2.75) is 39.2 Å². The van der Waals surface area contributed by atoms with E-state index in [1.54, 1.807) is 4.52 Å². The molecule has 4 rings (SSSR count). The van der Waals surface area contributed by atoms with Crippen molar-refractivity contribution in [2.24, 2.45) is 5.92 Å². The number of fused-ring (bicyclic) bond motifs is 1. The Morgan fingerprint density at radius 1 is 1.27 bits per heavy atom. The van der Waals surface area contributed by atoms with Crippen LogP contribution in [0.2, 0.25) is 0 Å². The number of nitrogens with zero attached hydrogens (tertiary/aromatic N) is 5. The van der Waals surface area contributed by atoms with Gasteiger partial charge in [0.25, 0.3) is 5.78 Å². The van der Waals surface area contributed by atoms with Crippen LogP contribution >= 0.6 is 0 Å². The monoisotopic (exact) mass is 408 g/mol.